The van der Waals surface area contributed by atoms with E-state index in [1.807, 2.05) is 30.4 Å². The zero-order valence-corrected chi connectivity index (χ0v) is 13.9. The van der Waals surface area contributed by atoms with E-state index in [2.05, 4.69) is 23.9 Å². The molecule has 0 aliphatic carbocycles. The van der Waals surface area contributed by atoms with Gasteiger partial charge in [0.25, 0.3) is 5.91 Å². The lowest BCUT2D eigenvalue weighted by atomic mass is 10.1. The molecule has 0 aromatic carbocycles. The fourth-order valence-corrected chi connectivity index (χ4v) is 2.83. The highest BCUT2D eigenvalue weighted by Crippen LogP contribution is 2.23. The fourth-order valence-electron chi connectivity index (χ4n) is 2.06. The van der Waals surface area contributed by atoms with Gasteiger partial charge in [0.05, 0.1) is 6.20 Å². The van der Waals surface area contributed by atoms with Gasteiger partial charge in [0.2, 0.25) is 0 Å². The molecule has 0 N–H and O–H groups in total. The number of hydrogen-bond acceptors (Lipinski definition) is 4. The summed E-state index contributed by atoms with van der Waals surface area (Å²) >= 11 is 1.48. The molecule has 1 atom stereocenters. The molecule has 6 heteroatoms. The molecule has 0 unspecified atom stereocenters. The van der Waals surface area contributed by atoms with E-state index < -0.39 is 0 Å². The first-order valence-electron chi connectivity index (χ1n) is 7.28. The van der Waals surface area contributed by atoms with Crippen molar-refractivity contribution in [3.8, 4) is 10.6 Å². The van der Waals surface area contributed by atoms with Crippen LogP contribution in [0.4, 0.5) is 0 Å². The van der Waals surface area contributed by atoms with Crippen molar-refractivity contribution < 1.29 is 4.79 Å². The van der Waals surface area contributed by atoms with E-state index in [0.717, 1.165) is 23.5 Å². The first-order chi connectivity index (χ1) is 10.0. The zero-order chi connectivity index (χ0) is 15.4. The van der Waals surface area contributed by atoms with Crippen molar-refractivity contribution >= 4 is 17.2 Å². The lowest BCUT2D eigenvalue weighted by Crippen LogP contribution is -2.34. The van der Waals surface area contributed by atoms with Crippen molar-refractivity contribution in [2.75, 3.05) is 13.1 Å². The molecular weight excluding hydrogens is 284 g/mol. The van der Waals surface area contributed by atoms with Crippen LogP contribution in [-0.2, 0) is 7.05 Å². The van der Waals surface area contributed by atoms with Crippen molar-refractivity contribution in [3.63, 3.8) is 0 Å². The third kappa shape index (κ3) is 3.69. The minimum Gasteiger partial charge on any atom is -0.337 e. The largest absolute Gasteiger partial charge is 0.337 e. The van der Waals surface area contributed by atoms with E-state index in [-0.39, 0.29) is 5.91 Å². The van der Waals surface area contributed by atoms with Crippen LogP contribution in [0, 0.1) is 5.92 Å². The molecule has 21 heavy (non-hydrogen) atoms. The Morgan fingerprint density at radius 1 is 1.48 bits per heavy atom. The Balaban J connectivity index is 2.14. The van der Waals surface area contributed by atoms with E-state index >= 15 is 0 Å². The summed E-state index contributed by atoms with van der Waals surface area (Å²) in [7, 11) is 1.87. The number of aromatic nitrogens is 3. The first-order valence-corrected chi connectivity index (χ1v) is 8.16. The third-order valence-corrected chi connectivity index (χ3v) is 4.46. The number of hydrogen-bond donors (Lipinski definition) is 0. The predicted octanol–water partition coefficient (Wildman–Crippen LogP) is 3.05. The van der Waals surface area contributed by atoms with E-state index in [4.69, 9.17) is 0 Å². The van der Waals surface area contributed by atoms with Crippen LogP contribution in [0.15, 0.2) is 17.8 Å². The smallest absolute Gasteiger partial charge is 0.273 e. The van der Waals surface area contributed by atoms with Crippen molar-refractivity contribution in [2.45, 2.75) is 27.2 Å². The number of thiazole rings is 1. The third-order valence-electron chi connectivity index (χ3n) is 3.57. The highest BCUT2D eigenvalue weighted by molar-refractivity contribution is 7.13. The van der Waals surface area contributed by atoms with E-state index in [1.54, 1.807) is 10.9 Å². The van der Waals surface area contributed by atoms with Gasteiger partial charge in [-0.2, -0.15) is 5.10 Å². The maximum atomic E-state index is 12.5. The van der Waals surface area contributed by atoms with Gasteiger partial charge in [-0.1, -0.05) is 20.3 Å². The number of rotatable bonds is 6. The Hall–Kier alpha value is -1.69. The summed E-state index contributed by atoms with van der Waals surface area (Å²) < 4.78 is 1.74. The Morgan fingerprint density at radius 3 is 2.81 bits per heavy atom. The van der Waals surface area contributed by atoms with E-state index in [9.17, 15) is 4.79 Å². The van der Waals surface area contributed by atoms with Crippen LogP contribution in [-0.4, -0.2) is 38.7 Å². The van der Waals surface area contributed by atoms with Crippen LogP contribution in [0.2, 0.25) is 0 Å². The maximum Gasteiger partial charge on any atom is 0.273 e. The number of aryl methyl sites for hydroxylation is 1. The molecule has 0 aliphatic heterocycles. The molecule has 2 aromatic heterocycles. The van der Waals surface area contributed by atoms with Gasteiger partial charge < -0.3 is 4.90 Å². The topological polar surface area (TPSA) is 51.0 Å². The summed E-state index contributed by atoms with van der Waals surface area (Å²) in [6, 6.07) is 0. The predicted molar refractivity (Wildman–Crippen MR) is 85.3 cm³/mol. The maximum absolute atomic E-state index is 12.5. The van der Waals surface area contributed by atoms with Gasteiger partial charge in [-0.3, -0.25) is 9.48 Å². The van der Waals surface area contributed by atoms with Gasteiger partial charge in [-0.15, -0.1) is 11.3 Å². The van der Waals surface area contributed by atoms with Crippen LogP contribution in [0.25, 0.3) is 10.6 Å². The lowest BCUT2D eigenvalue weighted by Gasteiger charge is -2.23. The second kappa shape index (κ2) is 6.85. The first kappa shape index (κ1) is 15.7. The van der Waals surface area contributed by atoms with Gasteiger partial charge in [-0.05, 0) is 12.8 Å². The number of nitrogens with zero attached hydrogens (tertiary/aromatic N) is 4. The van der Waals surface area contributed by atoms with Gasteiger partial charge in [0, 0.05) is 37.3 Å². The van der Waals surface area contributed by atoms with Crippen LogP contribution >= 0.6 is 11.3 Å². The summed E-state index contributed by atoms with van der Waals surface area (Å²) in [6.45, 7) is 7.81. The second-order valence-corrected chi connectivity index (χ2v) is 6.16. The average molecular weight is 306 g/mol. The summed E-state index contributed by atoms with van der Waals surface area (Å²) in [5, 5.41) is 6.81. The van der Waals surface area contributed by atoms with E-state index in [0.29, 0.717) is 18.2 Å². The van der Waals surface area contributed by atoms with Crippen LogP contribution in [0.3, 0.4) is 0 Å². The molecule has 0 saturated carbocycles. The molecule has 2 aromatic rings. The molecule has 0 fully saturated rings. The van der Waals surface area contributed by atoms with Crippen LogP contribution < -0.4 is 0 Å². The molecule has 2 heterocycles. The Bertz CT molecular complexity index is 604. The molecule has 114 valence electrons. The monoisotopic (exact) mass is 306 g/mol. The minimum absolute atomic E-state index is 0.0178. The lowest BCUT2D eigenvalue weighted by molar-refractivity contribution is 0.0736. The van der Waals surface area contributed by atoms with Crippen LogP contribution in [0.1, 0.15) is 37.7 Å². The van der Waals surface area contributed by atoms with Gasteiger partial charge in [-0.25, -0.2) is 4.98 Å². The molecule has 0 spiro atoms. The number of amides is 1. The molecule has 1 amide bonds. The van der Waals surface area contributed by atoms with Gasteiger partial charge >= 0.3 is 0 Å². The van der Waals surface area contributed by atoms with E-state index in [1.165, 1.54) is 11.3 Å². The molecule has 0 saturated heterocycles. The van der Waals surface area contributed by atoms with Gasteiger partial charge in [0.15, 0.2) is 0 Å². The summed E-state index contributed by atoms with van der Waals surface area (Å²) in [6.07, 6.45) is 4.75. The average Bonchev–Trinajstić information content (AvgIpc) is 3.12. The van der Waals surface area contributed by atoms with Crippen molar-refractivity contribution in [1.82, 2.24) is 19.7 Å². The summed E-state index contributed by atoms with van der Waals surface area (Å²) in [5.41, 5.74) is 1.48. The quantitative estimate of drug-likeness (QED) is 0.824. The standard InChI is InChI=1S/C15H22N4OS/c1-5-11(3)8-19(6-2)15(20)13-10-21-14(17-13)12-7-16-18(4)9-12/h7,9-11H,5-6,8H2,1-4H3/t11-/m1/s1. The summed E-state index contributed by atoms with van der Waals surface area (Å²) in [5.74, 6) is 0.523. The Labute approximate surface area is 129 Å². The Morgan fingerprint density at radius 2 is 2.24 bits per heavy atom. The van der Waals surface area contributed by atoms with Crippen molar-refractivity contribution in [2.24, 2.45) is 13.0 Å². The second-order valence-electron chi connectivity index (χ2n) is 5.30. The van der Waals surface area contributed by atoms with Crippen molar-refractivity contribution in [1.29, 1.82) is 0 Å². The molecule has 2 rings (SSSR count). The zero-order valence-electron chi connectivity index (χ0n) is 13.0. The van der Waals surface area contributed by atoms with Crippen LogP contribution in [0.5, 0.6) is 0 Å². The van der Waals surface area contributed by atoms with Gasteiger partial charge in [0.1, 0.15) is 10.7 Å². The number of carbonyl (C=O) groups excluding carboxylic acids is 1. The highest BCUT2D eigenvalue weighted by atomic mass is 32.1. The molecule has 5 nitrogen and oxygen atoms in total. The minimum atomic E-state index is 0.0178. The van der Waals surface area contributed by atoms with Crippen molar-refractivity contribution in [3.05, 3.63) is 23.5 Å². The molecular formula is C15H22N4OS. The molecule has 0 aliphatic rings. The normalized spacial score (nSPS) is 12.4. The SMILES string of the molecule is CC[C@@H](C)CN(CC)C(=O)c1csc(-c2cnn(C)c2)n1. The molecule has 0 bridgehead atoms. The highest BCUT2D eigenvalue weighted by Gasteiger charge is 2.19. The Kier molecular flexibility index (Phi) is 5.12. The molecule has 0 radical (unpaired) electrons. The summed E-state index contributed by atoms with van der Waals surface area (Å²) in [4.78, 5) is 18.9. The fraction of sp³-hybridized carbons (Fsp3) is 0.533. The number of carbonyl (C=O) groups is 1.